The first-order valence-electron chi connectivity index (χ1n) is 7.25. The lowest BCUT2D eigenvalue weighted by Crippen LogP contribution is -2.48. The van der Waals surface area contributed by atoms with Gasteiger partial charge >= 0.3 is 0 Å². The molecule has 1 aromatic carbocycles. The molecule has 1 aromatic heterocycles. The summed E-state index contributed by atoms with van der Waals surface area (Å²) in [6.07, 6.45) is 1.46. The van der Waals surface area contributed by atoms with Crippen LogP contribution in [0.5, 0.6) is 0 Å². The fourth-order valence-corrected chi connectivity index (χ4v) is 2.81. The van der Waals surface area contributed by atoms with Gasteiger partial charge in [0.15, 0.2) is 0 Å². The maximum Gasteiger partial charge on any atom is 0.257 e. The zero-order valence-corrected chi connectivity index (χ0v) is 13.0. The number of carbonyl (C=O) groups is 1. The van der Waals surface area contributed by atoms with Crippen molar-refractivity contribution in [3.63, 3.8) is 0 Å². The summed E-state index contributed by atoms with van der Waals surface area (Å²) in [5.74, 6) is -0.102. The van der Waals surface area contributed by atoms with Crippen LogP contribution in [-0.4, -0.2) is 35.0 Å². The number of hydrogen-bond acceptors (Lipinski definition) is 3. The third kappa shape index (κ3) is 2.98. The number of morpholine rings is 1. The maximum absolute atomic E-state index is 12.8. The predicted octanol–water partition coefficient (Wildman–Crippen LogP) is 3.34. The van der Waals surface area contributed by atoms with E-state index in [-0.39, 0.29) is 23.2 Å². The van der Waals surface area contributed by atoms with Crippen molar-refractivity contribution in [2.45, 2.75) is 19.1 Å². The highest BCUT2D eigenvalue weighted by Gasteiger charge is 2.31. The fraction of sp³-hybridized carbons (Fsp3) is 0.294. The lowest BCUT2D eigenvalue weighted by atomic mass is 10.1. The van der Waals surface area contributed by atoms with Crippen molar-refractivity contribution < 1.29 is 9.53 Å². The highest BCUT2D eigenvalue weighted by Crippen LogP contribution is 2.27. The number of pyridine rings is 1. The van der Waals surface area contributed by atoms with E-state index in [4.69, 9.17) is 16.3 Å². The van der Waals surface area contributed by atoms with Gasteiger partial charge in [0.25, 0.3) is 5.91 Å². The smallest absolute Gasteiger partial charge is 0.257 e. The first-order valence-corrected chi connectivity index (χ1v) is 7.62. The molecule has 0 N–H and O–H groups in total. The van der Waals surface area contributed by atoms with E-state index in [1.54, 1.807) is 18.3 Å². The lowest BCUT2D eigenvalue weighted by Gasteiger charge is -2.38. The van der Waals surface area contributed by atoms with Gasteiger partial charge in [0.05, 0.1) is 24.8 Å². The first kappa shape index (κ1) is 15.0. The summed E-state index contributed by atoms with van der Waals surface area (Å²) < 4.78 is 5.88. The van der Waals surface area contributed by atoms with E-state index in [2.05, 4.69) is 4.98 Å². The molecule has 22 heavy (non-hydrogen) atoms. The van der Waals surface area contributed by atoms with Crippen molar-refractivity contribution in [2.75, 3.05) is 13.2 Å². The van der Waals surface area contributed by atoms with E-state index in [1.807, 2.05) is 42.2 Å². The molecule has 0 bridgehead atoms. The summed E-state index contributed by atoms with van der Waals surface area (Å²) in [5, 5.41) is 0.238. The Labute approximate surface area is 134 Å². The van der Waals surface area contributed by atoms with E-state index >= 15 is 0 Å². The van der Waals surface area contributed by atoms with Gasteiger partial charge in [-0.25, -0.2) is 4.98 Å². The Kier molecular flexibility index (Phi) is 4.41. The standard InChI is InChI=1S/C17H17ClN2O2/c1-12-11-22-15(13-6-3-2-4-7-13)10-20(12)17(21)14-8-5-9-19-16(14)18/h2-9,12,15H,10-11H2,1H3. The highest BCUT2D eigenvalue weighted by molar-refractivity contribution is 6.32. The van der Waals surface area contributed by atoms with Gasteiger partial charge in [0.2, 0.25) is 0 Å². The summed E-state index contributed by atoms with van der Waals surface area (Å²) in [4.78, 5) is 18.5. The van der Waals surface area contributed by atoms with Crippen LogP contribution in [0.25, 0.3) is 0 Å². The molecule has 4 nitrogen and oxygen atoms in total. The largest absolute Gasteiger partial charge is 0.370 e. The van der Waals surface area contributed by atoms with E-state index in [0.29, 0.717) is 18.7 Å². The van der Waals surface area contributed by atoms with Crippen molar-refractivity contribution in [1.82, 2.24) is 9.88 Å². The Hall–Kier alpha value is -1.91. The third-order valence-electron chi connectivity index (χ3n) is 3.85. The molecule has 0 aliphatic carbocycles. The molecule has 1 aliphatic heterocycles. The summed E-state index contributed by atoms with van der Waals surface area (Å²) >= 11 is 6.05. The number of rotatable bonds is 2. The number of ether oxygens (including phenoxy) is 1. The van der Waals surface area contributed by atoms with Crippen LogP contribution in [-0.2, 0) is 4.74 Å². The van der Waals surface area contributed by atoms with E-state index in [1.165, 1.54) is 0 Å². The van der Waals surface area contributed by atoms with Gasteiger partial charge in [-0.3, -0.25) is 4.79 Å². The molecule has 114 valence electrons. The van der Waals surface area contributed by atoms with Crippen molar-refractivity contribution in [3.8, 4) is 0 Å². The Morgan fingerprint density at radius 1 is 1.27 bits per heavy atom. The number of halogens is 1. The van der Waals surface area contributed by atoms with Crippen molar-refractivity contribution in [3.05, 3.63) is 64.9 Å². The van der Waals surface area contributed by atoms with E-state index in [0.717, 1.165) is 5.56 Å². The average molecular weight is 317 g/mol. The Balaban J connectivity index is 1.83. The topological polar surface area (TPSA) is 42.4 Å². The molecule has 1 fully saturated rings. The van der Waals surface area contributed by atoms with Crippen LogP contribution in [0.3, 0.4) is 0 Å². The number of benzene rings is 1. The molecule has 0 spiro atoms. The van der Waals surface area contributed by atoms with Gasteiger partial charge in [-0.05, 0) is 24.6 Å². The van der Waals surface area contributed by atoms with Crippen LogP contribution in [0.4, 0.5) is 0 Å². The molecule has 1 saturated heterocycles. The predicted molar refractivity (Wildman–Crippen MR) is 84.9 cm³/mol. The molecule has 2 atom stereocenters. The van der Waals surface area contributed by atoms with Crippen LogP contribution < -0.4 is 0 Å². The Bertz CT molecular complexity index is 663. The van der Waals surface area contributed by atoms with Gasteiger partial charge in [-0.2, -0.15) is 0 Å². The molecule has 5 heteroatoms. The van der Waals surface area contributed by atoms with Gasteiger partial charge in [0, 0.05) is 6.20 Å². The van der Waals surface area contributed by atoms with Crippen molar-refractivity contribution in [1.29, 1.82) is 0 Å². The highest BCUT2D eigenvalue weighted by atomic mass is 35.5. The molecular weight excluding hydrogens is 300 g/mol. The first-order chi connectivity index (χ1) is 10.7. The zero-order valence-electron chi connectivity index (χ0n) is 12.3. The van der Waals surface area contributed by atoms with Crippen LogP contribution in [0.15, 0.2) is 48.7 Å². The molecule has 1 amide bonds. The van der Waals surface area contributed by atoms with Crippen molar-refractivity contribution in [2.24, 2.45) is 0 Å². The quantitative estimate of drug-likeness (QED) is 0.798. The maximum atomic E-state index is 12.8. The van der Waals surface area contributed by atoms with Gasteiger partial charge in [0.1, 0.15) is 11.3 Å². The van der Waals surface area contributed by atoms with Crippen LogP contribution in [0, 0.1) is 0 Å². The second-order valence-electron chi connectivity index (χ2n) is 5.38. The molecule has 2 heterocycles. The molecule has 0 saturated carbocycles. The minimum absolute atomic E-state index is 0.00346. The second kappa shape index (κ2) is 6.46. The van der Waals surface area contributed by atoms with E-state index < -0.39 is 0 Å². The summed E-state index contributed by atoms with van der Waals surface area (Å²) in [6.45, 7) is 2.99. The van der Waals surface area contributed by atoms with Crippen LogP contribution in [0.2, 0.25) is 5.15 Å². The minimum Gasteiger partial charge on any atom is -0.370 e. The zero-order chi connectivity index (χ0) is 15.5. The monoisotopic (exact) mass is 316 g/mol. The lowest BCUT2D eigenvalue weighted by molar-refractivity contribution is -0.0486. The summed E-state index contributed by atoms with van der Waals surface area (Å²) in [5.41, 5.74) is 1.51. The fourth-order valence-electron chi connectivity index (χ4n) is 2.61. The molecule has 3 rings (SSSR count). The summed E-state index contributed by atoms with van der Waals surface area (Å²) in [7, 11) is 0. The van der Waals surface area contributed by atoms with Crippen LogP contribution >= 0.6 is 11.6 Å². The van der Waals surface area contributed by atoms with Crippen molar-refractivity contribution >= 4 is 17.5 Å². The van der Waals surface area contributed by atoms with Gasteiger partial charge in [-0.15, -0.1) is 0 Å². The second-order valence-corrected chi connectivity index (χ2v) is 5.74. The van der Waals surface area contributed by atoms with Gasteiger partial charge in [-0.1, -0.05) is 41.9 Å². The normalized spacial score (nSPS) is 21.6. The molecular formula is C17H17ClN2O2. The van der Waals surface area contributed by atoms with Crippen LogP contribution in [0.1, 0.15) is 28.9 Å². The average Bonchev–Trinajstić information content (AvgIpc) is 2.56. The minimum atomic E-state index is -0.114. The SMILES string of the molecule is CC1COC(c2ccccc2)CN1C(=O)c1cccnc1Cl. The third-order valence-corrected chi connectivity index (χ3v) is 4.16. The number of hydrogen-bond donors (Lipinski definition) is 0. The number of amides is 1. The summed E-state index contributed by atoms with van der Waals surface area (Å²) in [6, 6.07) is 13.4. The van der Waals surface area contributed by atoms with Gasteiger partial charge < -0.3 is 9.64 Å². The number of carbonyl (C=O) groups excluding carboxylic acids is 1. The molecule has 2 unspecified atom stereocenters. The Morgan fingerprint density at radius 2 is 2.05 bits per heavy atom. The number of aromatic nitrogens is 1. The molecule has 1 aliphatic rings. The number of nitrogens with zero attached hydrogens (tertiary/aromatic N) is 2. The van der Waals surface area contributed by atoms with E-state index in [9.17, 15) is 4.79 Å². The molecule has 2 aromatic rings. The Morgan fingerprint density at radius 3 is 2.77 bits per heavy atom. The molecule has 0 radical (unpaired) electrons.